The van der Waals surface area contributed by atoms with Crippen molar-refractivity contribution >= 4 is 23.1 Å². The minimum atomic E-state index is -1.04. The summed E-state index contributed by atoms with van der Waals surface area (Å²) in [5.74, 6) is -1.37. The molecule has 0 spiro atoms. The number of nitrogens with one attached hydrogen (secondary N) is 1. The predicted octanol–water partition coefficient (Wildman–Crippen LogP) is 2.28. The Hall–Kier alpha value is -3.15. The second kappa shape index (κ2) is 5.09. The monoisotopic (exact) mass is 281 g/mol. The zero-order valence-corrected chi connectivity index (χ0v) is 10.9. The maximum atomic E-state index is 12.3. The van der Waals surface area contributed by atoms with E-state index in [0.29, 0.717) is 16.8 Å². The molecule has 3 aromatic rings. The van der Waals surface area contributed by atoms with Crippen molar-refractivity contribution in [2.75, 3.05) is 5.32 Å². The minimum Gasteiger partial charge on any atom is -0.478 e. The van der Waals surface area contributed by atoms with Gasteiger partial charge in [-0.3, -0.25) is 4.79 Å². The number of aromatic carboxylic acids is 1. The molecule has 6 heteroatoms. The molecule has 2 N–H and O–H groups in total. The highest BCUT2D eigenvalue weighted by Gasteiger charge is 2.13. The average Bonchev–Trinajstić information content (AvgIpc) is 2.91. The highest BCUT2D eigenvalue weighted by Crippen LogP contribution is 2.15. The fourth-order valence-electron chi connectivity index (χ4n) is 2.04. The van der Waals surface area contributed by atoms with E-state index in [0.717, 1.165) is 0 Å². The number of amides is 1. The lowest BCUT2D eigenvalue weighted by Crippen LogP contribution is -2.12. The van der Waals surface area contributed by atoms with E-state index in [4.69, 9.17) is 5.11 Å². The number of carboxylic acid groups (broad SMARTS) is 1. The van der Waals surface area contributed by atoms with Crippen molar-refractivity contribution in [3.05, 3.63) is 66.0 Å². The Morgan fingerprint density at radius 3 is 2.81 bits per heavy atom. The van der Waals surface area contributed by atoms with Gasteiger partial charge in [-0.1, -0.05) is 12.1 Å². The first-order valence-corrected chi connectivity index (χ1v) is 6.22. The summed E-state index contributed by atoms with van der Waals surface area (Å²) in [4.78, 5) is 23.2. The first-order valence-electron chi connectivity index (χ1n) is 6.22. The molecule has 0 fully saturated rings. The second-order valence-corrected chi connectivity index (χ2v) is 4.43. The van der Waals surface area contributed by atoms with Crippen molar-refractivity contribution in [2.24, 2.45) is 0 Å². The summed E-state index contributed by atoms with van der Waals surface area (Å²) in [6.45, 7) is 0. The molecule has 2 heterocycles. The molecule has 0 aliphatic carbocycles. The van der Waals surface area contributed by atoms with Gasteiger partial charge in [-0.2, -0.15) is 5.10 Å². The fourth-order valence-corrected chi connectivity index (χ4v) is 2.04. The van der Waals surface area contributed by atoms with E-state index in [1.807, 2.05) is 12.1 Å². The normalized spacial score (nSPS) is 10.5. The number of carbonyl (C=O) groups is 2. The molecule has 0 unspecified atom stereocenters. The molecule has 0 radical (unpaired) electrons. The zero-order chi connectivity index (χ0) is 14.8. The zero-order valence-electron chi connectivity index (χ0n) is 10.9. The molecule has 0 aliphatic rings. The molecule has 0 saturated carbocycles. The maximum Gasteiger partial charge on any atom is 0.335 e. The Balaban J connectivity index is 1.90. The van der Waals surface area contributed by atoms with Crippen LogP contribution in [-0.2, 0) is 0 Å². The second-order valence-electron chi connectivity index (χ2n) is 4.43. The first kappa shape index (κ1) is 12.9. The molecule has 21 heavy (non-hydrogen) atoms. The van der Waals surface area contributed by atoms with Crippen LogP contribution in [0.5, 0.6) is 0 Å². The summed E-state index contributed by atoms with van der Waals surface area (Å²) in [5.41, 5.74) is 1.66. The van der Waals surface area contributed by atoms with Crippen LogP contribution < -0.4 is 5.32 Å². The van der Waals surface area contributed by atoms with Crippen molar-refractivity contribution in [1.29, 1.82) is 0 Å². The van der Waals surface area contributed by atoms with Gasteiger partial charge in [0, 0.05) is 11.9 Å². The van der Waals surface area contributed by atoms with Crippen LogP contribution in [0.25, 0.3) is 5.52 Å². The Labute approximate surface area is 119 Å². The van der Waals surface area contributed by atoms with Gasteiger partial charge in [-0.15, -0.1) is 0 Å². The van der Waals surface area contributed by atoms with Crippen LogP contribution in [0.3, 0.4) is 0 Å². The number of pyridine rings is 1. The highest BCUT2D eigenvalue weighted by molar-refractivity contribution is 6.09. The van der Waals surface area contributed by atoms with Gasteiger partial charge in [0.15, 0.2) is 0 Å². The van der Waals surface area contributed by atoms with Crippen LogP contribution >= 0.6 is 0 Å². The van der Waals surface area contributed by atoms with E-state index < -0.39 is 5.97 Å². The van der Waals surface area contributed by atoms with Crippen LogP contribution in [0.1, 0.15) is 20.7 Å². The predicted molar refractivity (Wildman–Crippen MR) is 76.5 cm³/mol. The number of nitrogens with zero attached hydrogens (tertiary/aromatic N) is 2. The van der Waals surface area contributed by atoms with Crippen LogP contribution in [0, 0.1) is 0 Å². The highest BCUT2D eigenvalue weighted by atomic mass is 16.4. The molecule has 0 aliphatic heterocycles. The number of carbonyl (C=O) groups excluding carboxylic acids is 1. The Morgan fingerprint density at radius 2 is 2.00 bits per heavy atom. The van der Waals surface area contributed by atoms with Gasteiger partial charge in [0.05, 0.1) is 22.8 Å². The molecular weight excluding hydrogens is 270 g/mol. The van der Waals surface area contributed by atoms with Gasteiger partial charge in [0.2, 0.25) is 0 Å². The fraction of sp³-hybridized carbons (Fsp3) is 0. The molecule has 104 valence electrons. The van der Waals surface area contributed by atoms with Crippen LogP contribution in [-0.4, -0.2) is 26.6 Å². The van der Waals surface area contributed by atoms with E-state index in [9.17, 15) is 9.59 Å². The molecule has 2 aromatic heterocycles. The van der Waals surface area contributed by atoms with E-state index in [1.165, 1.54) is 18.3 Å². The van der Waals surface area contributed by atoms with Gasteiger partial charge < -0.3 is 10.4 Å². The van der Waals surface area contributed by atoms with Crippen molar-refractivity contribution < 1.29 is 14.7 Å². The third kappa shape index (κ3) is 2.46. The number of rotatable bonds is 3. The molecule has 6 nitrogen and oxygen atoms in total. The molecule has 3 rings (SSSR count). The number of carboxylic acids is 1. The number of hydrogen-bond donors (Lipinski definition) is 2. The van der Waals surface area contributed by atoms with E-state index in [2.05, 4.69) is 10.4 Å². The molecule has 1 amide bonds. The number of fused-ring (bicyclic) bond motifs is 1. The topological polar surface area (TPSA) is 83.7 Å². The lowest BCUT2D eigenvalue weighted by Gasteiger charge is -2.05. The molecular formula is C15H11N3O3. The van der Waals surface area contributed by atoms with Gasteiger partial charge in [-0.05, 0) is 30.3 Å². The summed E-state index contributed by atoms with van der Waals surface area (Å²) in [6, 6.07) is 11.5. The summed E-state index contributed by atoms with van der Waals surface area (Å²) < 4.78 is 1.60. The van der Waals surface area contributed by atoms with Crippen molar-refractivity contribution in [2.45, 2.75) is 0 Å². The summed E-state index contributed by atoms with van der Waals surface area (Å²) >= 11 is 0. The summed E-state index contributed by atoms with van der Waals surface area (Å²) in [7, 11) is 0. The van der Waals surface area contributed by atoms with Crippen LogP contribution in [0.2, 0.25) is 0 Å². The SMILES string of the molecule is O=C(O)c1cccc(NC(=O)c2cnn3ccccc23)c1. The van der Waals surface area contributed by atoms with Gasteiger partial charge in [0.1, 0.15) is 0 Å². The number of anilines is 1. The van der Waals surface area contributed by atoms with Gasteiger partial charge >= 0.3 is 5.97 Å². The Bertz CT molecular complexity index is 839. The van der Waals surface area contributed by atoms with Crippen molar-refractivity contribution in [3.8, 4) is 0 Å². The summed E-state index contributed by atoms with van der Waals surface area (Å²) in [6.07, 6.45) is 3.23. The number of hydrogen-bond acceptors (Lipinski definition) is 3. The van der Waals surface area contributed by atoms with Crippen LogP contribution in [0.4, 0.5) is 5.69 Å². The van der Waals surface area contributed by atoms with Crippen LogP contribution in [0.15, 0.2) is 54.9 Å². The lowest BCUT2D eigenvalue weighted by atomic mass is 10.2. The van der Waals surface area contributed by atoms with E-state index in [-0.39, 0.29) is 11.5 Å². The van der Waals surface area contributed by atoms with Crippen molar-refractivity contribution in [3.63, 3.8) is 0 Å². The van der Waals surface area contributed by atoms with Crippen molar-refractivity contribution in [1.82, 2.24) is 9.61 Å². The molecule has 0 atom stereocenters. The molecule has 0 saturated heterocycles. The van der Waals surface area contributed by atoms with E-state index in [1.54, 1.807) is 28.9 Å². The Morgan fingerprint density at radius 1 is 1.14 bits per heavy atom. The maximum absolute atomic E-state index is 12.3. The first-order chi connectivity index (χ1) is 10.1. The van der Waals surface area contributed by atoms with Gasteiger partial charge in [-0.25, -0.2) is 9.31 Å². The third-order valence-corrected chi connectivity index (χ3v) is 3.04. The number of aromatic nitrogens is 2. The lowest BCUT2D eigenvalue weighted by molar-refractivity contribution is 0.0696. The van der Waals surface area contributed by atoms with E-state index >= 15 is 0 Å². The third-order valence-electron chi connectivity index (χ3n) is 3.04. The molecule has 0 bridgehead atoms. The van der Waals surface area contributed by atoms with Gasteiger partial charge in [0.25, 0.3) is 5.91 Å². The smallest absolute Gasteiger partial charge is 0.335 e. The minimum absolute atomic E-state index is 0.118. The standard InChI is InChI=1S/C15H11N3O3/c19-14(12-9-16-18-7-2-1-6-13(12)18)17-11-5-3-4-10(8-11)15(20)21/h1-9H,(H,17,19)(H,20,21). The largest absolute Gasteiger partial charge is 0.478 e. The summed E-state index contributed by atoms with van der Waals surface area (Å²) in [5, 5.41) is 15.7. The Kier molecular flexibility index (Phi) is 3.12. The molecule has 1 aromatic carbocycles. The quantitative estimate of drug-likeness (QED) is 0.771. The average molecular weight is 281 g/mol. The number of benzene rings is 1.